The molecule has 1 aromatic carbocycles. The summed E-state index contributed by atoms with van der Waals surface area (Å²) in [7, 11) is 0. The standard InChI is InChI=1S/C29H44N8O3.ClH/c1-5-34(23-12-8-22(30)9-13-23)19-21-6-10-24(11-7-21)37-15-14-25(33-28(37)40)32-27(39)35-16-17-36(20(2)18-35)26(38)29(3,4)31;/h6-7,10-11,14-15,20,22-23H,5,8-9,12-13,16-19,30-31H2,1-4H3,(H,32,33,39,40);1H/t20-,22-,23-;/m1./s1. The second-order valence-corrected chi connectivity index (χ2v) is 11.7. The van der Waals surface area contributed by atoms with Gasteiger partial charge in [0.05, 0.1) is 11.2 Å². The van der Waals surface area contributed by atoms with Crippen molar-refractivity contribution in [2.75, 3.05) is 31.5 Å². The fourth-order valence-corrected chi connectivity index (χ4v) is 5.63. The zero-order valence-electron chi connectivity index (χ0n) is 24.6. The van der Waals surface area contributed by atoms with Gasteiger partial charge in [0.2, 0.25) is 5.91 Å². The van der Waals surface area contributed by atoms with E-state index in [1.807, 2.05) is 31.2 Å². The lowest BCUT2D eigenvalue weighted by Crippen LogP contribution is -2.61. The summed E-state index contributed by atoms with van der Waals surface area (Å²) in [5.74, 6) is 0.0402. The van der Waals surface area contributed by atoms with Crippen LogP contribution in [0.5, 0.6) is 0 Å². The molecule has 226 valence electrons. The van der Waals surface area contributed by atoms with Crippen LogP contribution in [0, 0.1) is 0 Å². The van der Waals surface area contributed by atoms with Crippen LogP contribution in [0.3, 0.4) is 0 Å². The molecule has 1 aromatic heterocycles. The van der Waals surface area contributed by atoms with Crippen LogP contribution in [0.1, 0.15) is 58.9 Å². The van der Waals surface area contributed by atoms with E-state index in [4.69, 9.17) is 11.5 Å². The van der Waals surface area contributed by atoms with E-state index in [0.717, 1.165) is 38.8 Å². The minimum atomic E-state index is -0.966. The predicted octanol–water partition coefficient (Wildman–Crippen LogP) is 2.55. The molecular weight excluding hydrogens is 544 g/mol. The van der Waals surface area contributed by atoms with Crippen LogP contribution in [0.2, 0.25) is 0 Å². The molecule has 2 fully saturated rings. The molecular formula is C29H45ClN8O3. The van der Waals surface area contributed by atoms with Gasteiger partial charge >= 0.3 is 11.7 Å². The number of benzene rings is 1. The van der Waals surface area contributed by atoms with Gasteiger partial charge < -0.3 is 21.3 Å². The molecule has 1 atom stereocenters. The highest BCUT2D eigenvalue weighted by Crippen LogP contribution is 2.24. The predicted molar refractivity (Wildman–Crippen MR) is 163 cm³/mol. The Bertz CT molecular complexity index is 1240. The van der Waals surface area contributed by atoms with Crippen molar-refractivity contribution in [1.29, 1.82) is 0 Å². The molecule has 2 heterocycles. The van der Waals surface area contributed by atoms with Gasteiger partial charge in [0.15, 0.2) is 0 Å². The van der Waals surface area contributed by atoms with Crippen LogP contribution in [0.15, 0.2) is 41.3 Å². The van der Waals surface area contributed by atoms with E-state index < -0.39 is 11.2 Å². The lowest BCUT2D eigenvalue weighted by atomic mass is 9.90. The van der Waals surface area contributed by atoms with Crippen molar-refractivity contribution in [1.82, 2.24) is 24.3 Å². The molecule has 0 radical (unpaired) electrons. The summed E-state index contributed by atoms with van der Waals surface area (Å²) in [6.45, 7) is 10.4. The molecule has 1 aliphatic heterocycles. The van der Waals surface area contributed by atoms with Crippen molar-refractivity contribution in [2.45, 2.75) is 83.6 Å². The Morgan fingerprint density at radius 1 is 1.10 bits per heavy atom. The van der Waals surface area contributed by atoms with Crippen molar-refractivity contribution in [3.63, 3.8) is 0 Å². The van der Waals surface area contributed by atoms with Crippen molar-refractivity contribution in [2.24, 2.45) is 11.5 Å². The number of halogens is 1. The summed E-state index contributed by atoms with van der Waals surface area (Å²) < 4.78 is 1.46. The number of anilines is 1. The molecule has 1 saturated heterocycles. The third kappa shape index (κ3) is 8.06. The van der Waals surface area contributed by atoms with Crippen molar-refractivity contribution in [3.05, 3.63) is 52.6 Å². The molecule has 2 aliphatic rings. The van der Waals surface area contributed by atoms with Gasteiger partial charge in [-0.3, -0.25) is 19.6 Å². The van der Waals surface area contributed by atoms with Crippen LogP contribution in [-0.4, -0.2) is 86.0 Å². The Morgan fingerprint density at radius 3 is 2.32 bits per heavy atom. The molecule has 3 amide bonds. The van der Waals surface area contributed by atoms with Crippen LogP contribution in [0.25, 0.3) is 5.69 Å². The number of urea groups is 1. The summed E-state index contributed by atoms with van der Waals surface area (Å²) in [5.41, 5.74) is 12.5. The van der Waals surface area contributed by atoms with E-state index in [2.05, 4.69) is 22.1 Å². The second-order valence-electron chi connectivity index (χ2n) is 11.7. The number of hydrogen-bond acceptors (Lipinski definition) is 7. The number of hydrogen-bond donors (Lipinski definition) is 3. The SMILES string of the molecule is CCN(Cc1ccc(-n2ccc(NC(=O)N3CCN(C(=O)C(C)(C)N)[C@H](C)C3)nc2=O)cc1)[C@H]1CC[C@H](N)CC1.Cl. The van der Waals surface area contributed by atoms with Crippen LogP contribution >= 0.6 is 12.4 Å². The van der Waals surface area contributed by atoms with Gasteiger partial charge in [-0.1, -0.05) is 19.1 Å². The topological polar surface area (TPSA) is 143 Å². The zero-order valence-corrected chi connectivity index (χ0v) is 25.4. The Balaban J connectivity index is 0.00000462. The third-order valence-electron chi connectivity index (χ3n) is 8.03. The second kappa shape index (κ2) is 13.8. The average Bonchev–Trinajstić information content (AvgIpc) is 2.92. The minimum Gasteiger partial charge on any atom is -0.335 e. The van der Waals surface area contributed by atoms with Crippen LogP contribution in [0.4, 0.5) is 10.6 Å². The Kier molecular flexibility index (Phi) is 10.9. The number of carbonyl (C=O) groups is 2. The summed E-state index contributed by atoms with van der Waals surface area (Å²) in [4.78, 5) is 48.2. The fraction of sp³-hybridized carbons (Fsp3) is 0.586. The maximum Gasteiger partial charge on any atom is 0.354 e. The molecule has 5 N–H and O–H groups in total. The number of piperazine rings is 1. The largest absolute Gasteiger partial charge is 0.354 e. The van der Waals surface area contributed by atoms with Gasteiger partial charge in [-0.15, -0.1) is 12.4 Å². The van der Waals surface area contributed by atoms with Crippen molar-refractivity contribution in [3.8, 4) is 5.69 Å². The number of nitrogens with two attached hydrogens (primary N) is 2. The maximum absolute atomic E-state index is 12.9. The van der Waals surface area contributed by atoms with Gasteiger partial charge in [0.25, 0.3) is 0 Å². The van der Waals surface area contributed by atoms with Gasteiger partial charge in [-0.05, 0) is 76.8 Å². The maximum atomic E-state index is 12.9. The first kappa shape index (κ1) is 32.5. The van der Waals surface area contributed by atoms with E-state index in [1.165, 1.54) is 10.1 Å². The Hall–Kier alpha value is -2.99. The first-order valence-corrected chi connectivity index (χ1v) is 14.3. The van der Waals surface area contributed by atoms with E-state index in [0.29, 0.717) is 37.4 Å². The molecule has 2 aromatic rings. The highest BCUT2D eigenvalue weighted by molar-refractivity contribution is 5.89. The number of nitrogens with zero attached hydrogens (tertiary/aromatic N) is 5. The molecule has 11 nitrogen and oxygen atoms in total. The van der Waals surface area contributed by atoms with E-state index in [-0.39, 0.29) is 36.2 Å². The highest BCUT2D eigenvalue weighted by Gasteiger charge is 2.35. The van der Waals surface area contributed by atoms with E-state index in [1.54, 1.807) is 35.9 Å². The molecule has 0 unspecified atom stereocenters. The lowest BCUT2D eigenvalue weighted by molar-refractivity contribution is -0.139. The van der Waals surface area contributed by atoms with E-state index in [9.17, 15) is 14.4 Å². The smallest absolute Gasteiger partial charge is 0.335 e. The van der Waals surface area contributed by atoms with Gasteiger partial charge in [0, 0.05) is 50.5 Å². The van der Waals surface area contributed by atoms with E-state index >= 15 is 0 Å². The highest BCUT2D eigenvalue weighted by atomic mass is 35.5. The Morgan fingerprint density at radius 2 is 1.76 bits per heavy atom. The molecule has 4 rings (SSSR count). The molecule has 1 saturated carbocycles. The molecule has 41 heavy (non-hydrogen) atoms. The van der Waals surface area contributed by atoms with Gasteiger partial charge in [-0.2, -0.15) is 4.98 Å². The summed E-state index contributed by atoms with van der Waals surface area (Å²) in [6, 6.07) is 9.91. The van der Waals surface area contributed by atoms with Gasteiger partial charge in [-0.25, -0.2) is 9.59 Å². The molecule has 0 bridgehead atoms. The third-order valence-corrected chi connectivity index (χ3v) is 8.03. The number of amides is 3. The minimum absolute atomic E-state index is 0. The summed E-state index contributed by atoms with van der Waals surface area (Å²) in [5, 5.41) is 2.72. The monoisotopic (exact) mass is 588 g/mol. The molecule has 0 spiro atoms. The first-order chi connectivity index (χ1) is 19.0. The number of carbonyl (C=O) groups excluding carboxylic acids is 2. The number of rotatable bonds is 7. The quantitative estimate of drug-likeness (QED) is 0.451. The summed E-state index contributed by atoms with van der Waals surface area (Å²) in [6.07, 6.45) is 6.05. The van der Waals surface area contributed by atoms with Crippen molar-refractivity contribution < 1.29 is 9.59 Å². The van der Waals surface area contributed by atoms with Crippen LogP contribution < -0.4 is 22.5 Å². The van der Waals surface area contributed by atoms with Gasteiger partial charge in [0.1, 0.15) is 5.82 Å². The summed E-state index contributed by atoms with van der Waals surface area (Å²) >= 11 is 0. The first-order valence-electron chi connectivity index (χ1n) is 14.3. The van der Waals surface area contributed by atoms with Crippen molar-refractivity contribution >= 4 is 30.2 Å². The lowest BCUT2D eigenvalue weighted by Gasteiger charge is -2.42. The molecule has 1 aliphatic carbocycles. The fourth-order valence-electron chi connectivity index (χ4n) is 5.63. The molecule has 12 heteroatoms. The average molecular weight is 589 g/mol. The van der Waals surface area contributed by atoms with Crippen LogP contribution in [-0.2, 0) is 11.3 Å². The zero-order chi connectivity index (χ0) is 29.0. The Labute approximate surface area is 248 Å². The number of nitrogens with one attached hydrogen (secondary N) is 1. The number of aromatic nitrogens is 2. The normalized spacial score (nSPS) is 21.4.